The first-order valence-electron chi connectivity index (χ1n) is 6.55. The van der Waals surface area contributed by atoms with Crippen LogP contribution in [0.25, 0.3) is 11.5 Å². The lowest BCUT2D eigenvalue weighted by Gasteiger charge is -2.22. The zero-order valence-electron chi connectivity index (χ0n) is 12.0. The Hall–Kier alpha value is -2.70. The van der Waals surface area contributed by atoms with Crippen LogP contribution in [0.2, 0.25) is 0 Å². The van der Waals surface area contributed by atoms with Crippen molar-refractivity contribution in [2.75, 3.05) is 11.9 Å². The second-order valence-electron chi connectivity index (χ2n) is 4.76. The molecule has 0 saturated carbocycles. The van der Waals surface area contributed by atoms with E-state index < -0.39 is 0 Å². The van der Waals surface area contributed by atoms with Gasteiger partial charge in [0, 0.05) is 13.1 Å². The molecule has 0 radical (unpaired) electrons. The molecule has 3 aromatic heterocycles. The lowest BCUT2D eigenvalue weighted by atomic mass is 10.2. The van der Waals surface area contributed by atoms with Gasteiger partial charge in [-0.05, 0) is 26.0 Å². The Morgan fingerprint density at radius 2 is 2.10 bits per heavy atom. The number of rotatable bonds is 4. The van der Waals surface area contributed by atoms with Crippen LogP contribution in [0.4, 0.5) is 5.95 Å². The van der Waals surface area contributed by atoms with Crippen LogP contribution in [0.5, 0.6) is 0 Å². The molecule has 0 N–H and O–H groups in total. The highest BCUT2D eigenvalue weighted by atomic mass is 16.5. The van der Waals surface area contributed by atoms with Gasteiger partial charge < -0.3 is 13.8 Å². The third kappa shape index (κ3) is 2.62. The molecule has 0 fully saturated rings. The number of anilines is 1. The van der Waals surface area contributed by atoms with E-state index in [0.717, 1.165) is 11.5 Å². The van der Waals surface area contributed by atoms with E-state index in [-0.39, 0.29) is 6.04 Å². The van der Waals surface area contributed by atoms with Crippen LogP contribution < -0.4 is 4.90 Å². The Labute approximate surface area is 121 Å². The van der Waals surface area contributed by atoms with Crippen molar-refractivity contribution in [3.8, 4) is 11.5 Å². The Morgan fingerprint density at radius 1 is 1.24 bits per heavy atom. The highest BCUT2D eigenvalue weighted by Gasteiger charge is 2.18. The molecule has 0 spiro atoms. The molecule has 0 aliphatic carbocycles. The zero-order valence-corrected chi connectivity index (χ0v) is 12.0. The first kappa shape index (κ1) is 13.3. The molecule has 108 valence electrons. The molecule has 0 aliphatic rings. The fraction of sp³-hybridized carbons (Fsp3) is 0.286. The molecule has 7 heteroatoms. The van der Waals surface area contributed by atoms with Gasteiger partial charge in [0.2, 0.25) is 5.95 Å². The van der Waals surface area contributed by atoms with Crippen LogP contribution in [0.15, 0.2) is 39.6 Å². The Bertz CT molecular complexity index is 723. The van der Waals surface area contributed by atoms with E-state index in [2.05, 4.69) is 20.3 Å². The molecule has 21 heavy (non-hydrogen) atoms. The van der Waals surface area contributed by atoms with Gasteiger partial charge in [-0.1, -0.05) is 5.16 Å². The number of hydrogen-bond acceptors (Lipinski definition) is 7. The number of nitrogens with zero attached hydrogens (tertiary/aromatic N) is 5. The predicted octanol–water partition coefficient (Wildman–Crippen LogP) is 2.63. The van der Waals surface area contributed by atoms with Gasteiger partial charge in [-0.25, -0.2) is 4.98 Å². The smallest absolute Gasteiger partial charge is 0.246 e. The summed E-state index contributed by atoms with van der Waals surface area (Å²) in [4.78, 5) is 6.37. The highest BCUT2D eigenvalue weighted by molar-refractivity contribution is 5.52. The molecule has 1 unspecified atom stereocenters. The van der Waals surface area contributed by atoms with Gasteiger partial charge >= 0.3 is 0 Å². The lowest BCUT2D eigenvalue weighted by molar-refractivity contribution is 0.406. The maximum absolute atomic E-state index is 5.56. The summed E-state index contributed by atoms with van der Waals surface area (Å²) in [5.74, 6) is 2.00. The minimum Gasteiger partial charge on any atom is -0.460 e. The summed E-state index contributed by atoms with van der Waals surface area (Å²) in [5, 5.41) is 12.0. The van der Waals surface area contributed by atoms with Crippen LogP contribution >= 0.6 is 0 Å². The number of hydrogen-bond donors (Lipinski definition) is 0. The molecule has 0 aromatic carbocycles. The van der Waals surface area contributed by atoms with Crippen LogP contribution in [0, 0.1) is 6.92 Å². The Morgan fingerprint density at radius 3 is 2.76 bits per heavy atom. The zero-order chi connectivity index (χ0) is 14.8. The van der Waals surface area contributed by atoms with Crippen LogP contribution in [0.3, 0.4) is 0 Å². The summed E-state index contributed by atoms with van der Waals surface area (Å²) in [5.41, 5.74) is 1.45. The fourth-order valence-corrected chi connectivity index (χ4v) is 1.94. The van der Waals surface area contributed by atoms with E-state index in [1.54, 1.807) is 12.5 Å². The Balaban J connectivity index is 1.89. The van der Waals surface area contributed by atoms with Gasteiger partial charge in [-0.3, -0.25) is 0 Å². The average Bonchev–Trinajstić information content (AvgIpc) is 3.17. The summed E-state index contributed by atoms with van der Waals surface area (Å²) >= 11 is 0. The van der Waals surface area contributed by atoms with Gasteiger partial charge in [-0.15, -0.1) is 5.10 Å². The van der Waals surface area contributed by atoms with Crippen molar-refractivity contribution in [2.24, 2.45) is 0 Å². The standard InChI is InChI=1S/C14H15N5O2/c1-9-4-5-13(21-9)12-8-15-17-14(16-12)19(3)10(2)11-6-7-20-18-11/h4-8,10H,1-3H3. The quantitative estimate of drug-likeness (QED) is 0.728. The van der Waals surface area contributed by atoms with Crippen molar-refractivity contribution in [3.63, 3.8) is 0 Å². The van der Waals surface area contributed by atoms with E-state index in [1.165, 1.54) is 0 Å². The SMILES string of the molecule is Cc1ccc(-c2cnnc(N(C)C(C)c3ccon3)n2)o1. The molecule has 3 heterocycles. The van der Waals surface area contributed by atoms with Crippen molar-refractivity contribution < 1.29 is 8.94 Å². The van der Waals surface area contributed by atoms with E-state index >= 15 is 0 Å². The molecule has 3 aromatic rings. The summed E-state index contributed by atoms with van der Waals surface area (Å²) in [6.45, 7) is 3.88. The van der Waals surface area contributed by atoms with E-state index in [4.69, 9.17) is 8.94 Å². The summed E-state index contributed by atoms with van der Waals surface area (Å²) in [6.07, 6.45) is 3.12. The predicted molar refractivity (Wildman–Crippen MR) is 75.6 cm³/mol. The molecular weight excluding hydrogens is 270 g/mol. The third-order valence-electron chi connectivity index (χ3n) is 3.32. The van der Waals surface area contributed by atoms with Gasteiger partial charge in [0.15, 0.2) is 5.76 Å². The molecule has 0 bridgehead atoms. The minimum atomic E-state index is -0.0286. The topological polar surface area (TPSA) is 81.1 Å². The van der Waals surface area contributed by atoms with Crippen LogP contribution in [0.1, 0.15) is 24.4 Å². The number of aromatic nitrogens is 4. The Kier molecular flexibility index (Phi) is 3.39. The maximum atomic E-state index is 5.56. The fourth-order valence-electron chi connectivity index (χ4n) is 1.94. The van der Waals surface area contributed by atoms with Crippen molar-refractivity contribution in [1.82, 2.24) is 20.3 Å². The first-order valence-corrected chi connectivity index (χ1v) is 6.55. The van der Waals surface area contributed by atoms with Gasteiger partial charge in [0.1, 0.15) is 23.4 Å². The van der Waals surface area contributed by atoms with E-state index in [9.17, 15) is 0 Å². The van der Waals surface area contributed by atoms with Crippen molar-refractivity contribution in [2.45, 2.75) is 19.9 Å². The summed E-state index contributed by atoms with van der Waals surface area (Å²) in [6, 6.07) is 5.54. The van der Waals surface area contributed by atoms with Crippen LogP contribution in [-0.2, 0) is 0 Å². The lowest BCUT2D eigenvalue weighted by Crippen LogP contribution is -2.24. The van der Waals surface area contributed by atoms with Crippen molar-refractivity contribution in [1.29, 1.82) is 0 Å². The molecule has 0 aliphatic heterocycles. The largest absolute Gasteiger partial charge is 0.460 e. The average molecular weight is 285 g/mol. The second-order valence-corrected chi connectivity index (χ2v) is 4.76. The van der Waals surface area contributed by atoms with Gasteiger partial charge in [0.25, 0.3) is 0 Å². The van der Waals surface area contributed by atoms with Crippen LogP contribution in [-0.4, -0.2) is 27.4 Å². The maximum Gasteiger partial charge on any atom is 0.246 e. The third-order valence-corrected chi connectivity index (χ3v) is 3.32. The van der Waals surface area contributed by atoms with Crippen molar-refractivity contribution in [3.05, 3.63) is 42.1 Å². The normalized spacial score (nSPS) is 12.3. The van der Waals surface area contributed by atoms with E-state index in [1.807, 2.05) is 44.0 Å². The summed E-state index contributed by atoms with van der Waals surface area (Å²) in [7, 11) is 1.88. The summed E-state index contributed by atoms with van der Waals surface area (Å²) < 4.78 is 10.4. The molecule has 0 saturated heterocycles. The molecule has 1 atom stereocenters. The second kappa shape index (κ2) is 5.35. The van der Waals surface area contributed by atoms with Gasteiger partial charge in [0.05, 0.1) is 12.2 Å². The molecule has 3 rings (SSSR count). The number of aryl methyl sites for hydroxylation is 1. The number of furan rings is 1. The van der Waals surface area contributed by atoms with E-state index in [0.29, 0.717) is 17.4 Å². The monoisotopic (exact) mass is 285 g/mol. The minimum absolute atomic E-state index is 0.0286. The van der Waals surface area contributed by atoms with Gasteiger partial charge in [-0.2, -0.15) is 5.10 Å². The van der Waals surface area contributed by atoms with Crippen molar-refractivity contribution >= 4 is 5.95 Å². The molecular formula is C14H15N5O2. The molecule has 7 nitrogen and oxygen atoms in total. The highest BCUT2D eigenvalue weighted by Crippen LogP contribution is 2.24. The first-order chi connectivity index (χ1) is 10.1. The molecule has 0 amide bonds.